The molecular formula is C21H29F3. The number of rotatable bonds is 5. The Bertz CT molecular complexity index is 487. The molecule has 0 amide bonds. The number of aryl methyl sites for hydroxylation is 1. The summed E-state index contributed by atoms with van der Waals surface area (Å²) in [7, 11) is 0. The molecule has 2 aliphatic rings. The lowest BCUT2D eigenvalue weighted by atomic mass is 9.68. The van der Waals surface area contributed by atoms with Crippen molar-refractivity contribution in [1.82, 2.24) is 0 Å². The fraction of sp³-hybridized carbons (Fsp3) is 0.714. The summed E-state index contributed by atoms with van der Waals surface area (Å²) < 4.78 is 40.1. The highest BCUT2D eigenvalue weighted by Crippen LogP contribution is 2.42. The van der Waals surface area contributed by atoms with Crippen molar-refractivity contribution in [3.05, 3.63) is 35.1 Å². The molecule has 1 aromatic rings. The molecule has 1 aromatic carbocycles. The first-order valence-corrected chi connectivity index (χ1v) is 9.78. The number of halogens is 3. The second-order valence-electron chi connectivity index (χ2n) is 7.87. The lowest BCUT2D eigenvalue weighted by Crippen LogP contribution is -2.27. The van der Waals surface area contributed by atoms with E-state index in [4.69, 9.17) is 0 Å². The van der Waals surface area contributed by atoms with Crippen LogP contribution in [0.3, 0.4) is 0 Å². The third-order valence-electron chi connectivity index (χ3n) is 6.32. The van der Waals surface area contributed by atoms with Crippen molar-refractivity contribution in [2.75, 3.05) is 0 Å². The molecule has 0 spiro atoms. The minimum absolute atomic E-state index is 0.600. The quantitative estimate of drug-likeness (QED) is 0.517. The van der Waals surface area contributed by atoms with Gasteiger partial charge in [-0.2, -0.15) is 0 Å². The first kappa shape index (κ1) is 17.8. The van der Waals surface area contributed by atoms with Crippen molar-refractivity contribution < 1.29 is 13.2 Å². The Morgan fingerprint density at radius 1 is 0.750 bits per heavy atom. The summed E-state index contributed by atoms with van der Waals surface area (Å²) in [5, 5.41) is 0. The summed E-state index contributed by atoms with van der Waals surface area (Å²) in [6.07, 6.45) is 14.9. The molecule has 24 heavy (non-hydrogen) atoms. The Hall–Kier alpha value is -0.990. The highest BCUT2D eigenvalue weighted by Gasteiger charge is 2.31. The Kier molecular flexibility index (Phi) is 6.24. The minimum Gasteiger partial charge on any atom is -0.204 e. The van der Waals surface area contributed by atoms with E-state index in [0.29, 0.717) is 17.9 Å². The van der Waals surface area contributed by atoms with E-state index in [1.165, 1.54) is 76.3 Å². The molecular weight excluding hydrogens is 309 g/mol. The Morgan fingerprint density at radius 3 is 1.67 bits per heavy atom. The van der Waals surface area contributed by atoms with Crippen LogP contribution in [0.25, 0.3) is 0 Å². The zero-order valence-corrected chi connectivity index (χ0v) is 14.5. The Balaban J connectivity index is 1.68. The van der Waals surface area contributed by atoms with Gasteiger partial charge in [0.05, 0.1) is 0 Å². The maximum Gasteiger partial charge on any atom is 0.194 e. The van der Waals surface area contributed by atoms with Gasteiger partial charge in [-0.1, -0.05) is 64.2 Å². The van der Waals surface area contributed by atoms with E-state index in [0.717, 1.165) is 18.3 Å². The third kappa shape index (κ3) is 4.34. The topological polar surface area (TPSA) is 0 Å². The molecule has 0 radical (unpaired) electrons. The highest BCUT2D eigenvalue weighted by atomic mass is 19.2. The molecule has 0 atom stereocenters. The Labute approximate surface area is 143 Å². The van der Waals surface area contributed by atoms with Gasteiger partial charge in [0.15, 0.2) is 17.5 Å². The molecule has 0 saturated heterocycles. The molecule has 0 aromatic heterocycles. The molecule has 3 heteroatoms. The fourth-order valence-corrected chi connectivity index (χ4v) is 5.07. The smallest absolute Gasteiger partial charge is 0.194 e. The van der Waals surface area contributed by atoms with Crippen LogP contribution in [-0.4, -0.2) is 0 Å². The molecule has 0 nitrogen and oxygen atoms in total. The van der Waals surface area contributed by atoms with Gasteiger partial charge in [-0.05, 0) is 48.3 Å². The van der Waals surface area contributed by atoms with Crippen molar-refractivity contribution in [2.45, 2.75) is 77.0 Å². The summed E-state index contributed by atoms with van der Waals surface area (Å²) in [5.41, 5.74) is 0.600. The van der Waals surface area contributed by atoms with Gasteiger partial charge in [0.2, 0.25) is 0 Å². The monoisotopic (exact) mass is 338 g/mol. The molecule has 3 rings (SSSR count). The van der Waals surface area contributed by atoms with Crippen molar-refractivity contribution in [3.63, 3.8) is 0 Å². The minimum atomic E-state index is -1.35. The normalized spacial score (nSPS) is 20.7. The van der Waals surface area contributed by atoms with Crippen molar-refractivity contribution >= 4 is 0 Å². The Morgan fingerprint density at radius 2 is 1.21 bits per heavy atom. The number of benzene rings is 1. The van der Waals surface area contributed by atoms with Gasteiger partial charge in [0.1, 0.15) is 0 Å². The van der Waals surface area contributed by atoms with Gasteiger partial charge in [0, 0.05) is 0 Å². The standard InChI is InChI=1S/C21H29F3/c22-19-13-15(14-20(23)21(19)24)11-12-18(16-7-3-1-4-8-16)17-9-5-2-6-10-17/h13-14,16-18H,1-12H2. The summed E-state index contributed by atoms with van der Waals surface area (Å²) in [6.45, 7) is 0. The van der Waals surface area contributed by atoms with Crippen LogP contribution in [0.2, 0.25) is 0 Å². The maximum absolute atomic E-state index is 13.5. The molecule has 0 bridgehead atoms. The fourth-order valence-electron chi connectivity index (χ4n) is 5.07. The molecule has 2 saturated carbocycles. The molecule has 0 heterocycles. The molecule has 2 fully saturated rings. The van der Waals surface area contributed by atoms with Crippen LogP contribution in [0.4, 0.5) is 13.2 Å². The van der Waals surface area contributed by atoms with Gasteiger partial charge < -0.3 is 0 Å². The van der Waals surface area contributed by atoms with Crippen LogP contribution in [0, 0.1) is 35.2 Å². The van der Waals surface area contributed by atoms with E-state index in [9.17, 15) is 13.2 Å². The van der Waals surface area contributed by atoms with E-state index in [-0.39, 0.29) is 0 Å². The number of hydrogen-bond donors (Lipinski definition) is 0. The third-order valence-corrected chi connectivity index (χ3v) is 6.32. The van der Waals surface area contributed by atoms with Crippen LogP contribution in [0.1, 0.15) is 76.2 Å². The van der Waals surface area contributed by atoms with Crippen molar-refractivity contribution in [2.24, 2.45) is 17.8 Å². The predicted molar refractivity (Wildman–Crippen MR) is 91.3 cm³/mol. The zero-order chi connectivity index (χ0) is 16.9. The van der Waals surface area contributed by atoms with E-state index in [1.54, 1.807) is 0 Å². The van der Waals surface area contributed by atoms with Gasteiger partial charge in [-0.15, -0.1) is 0 Å². The van der Waals surface area contributed by atoms with E-state index in [2.05, 4.69) is 0 Å². The van der Waals surface area contributed by atoms with Crippen LogP contribution in [0.15, 0.2) is 12.1 Å². The molecule has 0 N–H and O–H groups in total. The summed E-state index contributed by atoms with van der Waals surface area (Å²) in [5.74, 6) is -1.25. The second-order valence-corrected chi connectivity index (χ2v) is 7.87. The van der Waals surface area contributed by atoms with Crippen molar-refractivity contribution in [3.8, 4) is 0 Å². The van der Waals surface area contributed by atoms with Crippen LogP contribution in [-0.2, 0) is 6.42 Å². The first-order chi connectivity index (χ1) is 11.6. The number of hydrogen-bond acceptors (Lipinski definition) is 0. The summed E-state index contributed by atoms with van der Waals surface area (Å²) in [6, 6.07) is 2.36. The van der Waals surface area contributed by atoms with Gasteiger partial charge in [-0.3, -0.25) is 0 Å². The average molecular weight is 338 g/mol. The summed E-state index contributed by atoms with van der Waals surface area (Å²) >= 11 is 0. The van der Waals surface area contributed by atoms with Crippen LogP contribution in [0.5, 0.6) is 0 Å². The largest absolute Gasteiger partial charge is 0.204 e. The molecule has 0 unspecified atom stereocenters. The first-order valence-electron chi connectivity index (χ1n) is 9.78. The second kappa shape index (κ2) is 8.40. The molecule has 2 aliphatic carbocycles. The van der Waals surface area contributed by atoms with Crippen LogP contribution < -0.4 is 0 Å². The van der Waals surface area contributed by atoms with E-state index < -0.39 is 17.5 Å². The zero-order valence-electron chi connectivity index (χ0n) is 14.5. The lowest BCUT2D eigenvalue weighted by molar-refractivity contribution is 0.135. The van der Waals surface area contributed by atoms with Gasteiger partial charge in [-0.25, -0.2) is 13.2 Å². The predicted octanol–water partition coefficient (Wildman–Crippen LogP) is 6.81. The SMILES string of the molecule is Fc1cc(CCC(C2CCCCC2)C2CCCCC2)cc(F)c1F. The van der Waals surface area contributed by atoms with Crippen LogP contribution >= 0.6 is 0 Å². The summed E-state index contributed by atoms with van der Waals surface area (Å²) in [4.78, 5) is 0. The lowest BCUT2D eigenvalue weighted by Gasteiger charge is -2.38. The van der Waals surface area contributed by atoms with Gasteiger partial charge in [0.25, 0.3) is 0 Å². The molecule has 0 aliphatic heterocycles. The average Bonchev–Trinajstić information content (AvgIpc) is 2.61. The van der Waals surface area contributed by atoms with E-state index >= 15 is 0 Å². The van der Waals surface area contributed by atoms with E-state index in [1.807, 2.05) is 0 Å². The highest BCUT2D eigenvalue weighted by molar-refractivity contribution is 5.19. The maximum atomic E-state index is 13.5. The molecule has 134 valence electrons. The van der Waals surface area contributed by atoms with Crippen molar-refractivity contribution in [1.29, 1.82) is 0 Å². The van der Waals surface area contributed by atoms with Gasteiger partial charge >= 0.3 is 0 Å².